The molecule has 0 fully saturated rings. The van der Waals surface area contributed by atoms with E-state index < -0.39 is 22.8 Å². The standard InChI is InChI=1S/C28H31ClF3N5O4/c29-25-12-9-20(17-24(25)28(30,31)32)36-27(39)35-19-7-10-22(11-8-19)41-23-13-15-34-21(16-23)18-33-14-5-3-1-2-4-6-26(38)37-40/h7-13,15-17,33,40H,1-6,14,18H2,(H,37,38)(H2,35,36,39). The van der Waals surface area contributed by atoms with Gasteiger partial charge in [-0.05, 0) is 67.9 Å². The average Bonchev–Trinajstić information content (AvgIpc) is 2.93. The molecular formula is C28H31ClF3N5O4. The van der Waals surface area contributed by atoms with Crippen LogP contribution in [0.4, 0.5) is 29.3 Å². The first-order valence-electron chi connectivity index (χ1n) is 13.0. The SMILES string of the molecule is O=C(CCCCCCCNCc1cc(Oc2ccc(NC(=O)Nc3ccc(Cl)c(C(F)(F)F)c3)cc2)ccn1)NO. The molecule has 0 saturated heterocycles. The topological polar surface area (TPSA) is 125 Å². The van der Waals surface area contributed by atoms with Gasteiger partial charge in [0.2, 0.25) is 5.91 Å². The smallest absolute Gasteiger partial charge is 0.417 e. The van der Waals surface area contributed by atoms with Gasteiger partial charge >= 0.3 is 12.2 Å². The summed E-state index contributed by atoms with van der Waals surface area (Å²) in [6.45, 7) is 1.40. The van der Waals surface area contributed by atoms with E-state index in [-0.39, 0.29) is 11.6 Å². The van der Waals surface area contributed by atoms with Crippen molar-refractivity contribution in [2.24, 2.45) is 0 Å². The number of aromatic nitrogens is 1. The summed E-state index contributed by atoms with van der Waals surface area (Å²) in [6, 6.07) is 12.4. The van der Waals surface area contributed by atoms with E-state index in [1.54, 1.807) is 42.0 Å². The van der Waals surface area contributed by atoms with Gasteiger partial charge in [0.1, 0.15) is 11.5 Å². The molecule has 2 aromatic carbocycles. The average molecular weight is 594 g/mol. The number of unbranched alkanes of at least 4 members (excludes halogenated alkanes) is 4. The minimum absolute atomic E-state index is 0.0517. The van der Waals surface area contributed by atoms with Gasteiger partial charge in [-0.1, -0.05) is 30.9 Å². The van der Waals surface area contributed by atoms with Gasteiger partial charge in [-0.3, -0.25) is 15.0 Å². The highest BCUT2D eigenvalue weighted by atomic mass is 35.5. The maximum atomic E-state index is 13.0. The Morgan fingerprint density at radius 1 is 0.878 bits per heavy atom. The number of anilines is 2. The van der Waals surface area contributed by atoms with Crippen LogP contribution >= 0.6 is 11.6 Å². The number of rotatable bonds is 14. The number of alkyl halides is 3. The Balaban J connectivity index is 1.40. The van der Waals surface area contributed by atoms with Crippen LogP contribution < -0.4 is 26.2 Å². The molecule has 0 spiro atoms. The lowest BCUT2D eigenvalue weighted by molar-refractivity contribution is -0.137. The Morgan fingerprint density at radius 2 is 1.56 bits per heavy atom. The Hall–Kier alpha value is -3.87. The molecule has 3 rings (SSSR count). The molecule has 0 unspecified atom stereocenters. The van der Waals surface area contributed by atoms with E-state index in [0.717, 1.165) is 56.5 Å². The molecule has 9 nitrogen and oxygen atoms in total. The quantitative estimate of drug-likeness (QED) is 0.0769. The Bertz CT molecular complexity index is 1290. The first-order valence-corrected chi connectivity index (χ1v) is 13.3. The number of nitrogens with zero attached hydrogens (tertiary/aromatic N) is 1. The van der Waals surface area contributed by atoms with E-state index >= 15 is 0 Å². The highest BCUT2D eigenvalue weighted by Gasteiger charge is 2.33. The van der Waals surface area contributed by atoms with Crippen molar-refractivity contribution in [3.63, 3.8) is 0 Å². The van der Waals surface area contributed by atoms with Gasteiger partial charge in [0.05, 0.1) is 16.3 Å². The predicted octanol–water partition coefficient (Wildman–Crippen LogP) is 7.13. The van der Waals surface area contributed by atoms with Crippen LogP contribution in [0.3, 0.4) is 0 Å². The van der Waals surface area contributed by atoms with Crippen molar-refractivity contribution in [2.45, 2.75) is 51.2 Å². The largest absolute Gasteiger partial charge is 0.457 e. The fraction of sp³-hybridized carbons (Fsp3) is 0.321. The molecule has 1 heterocycles. The third kappa shape index (κ3) is 11.3. The molecule has 0 aliphatic carbocycles. The van der Waals surface area contributed by atoms with E-state index in [0.29, 0.717) is 30.2 Å². The minimum atomic E-state index is -4.64. The van der Waals surface area contributed by atoms with E-state index in [1.165, 1.54) is 6.07 Å². The third-order valence-corrected chi connectivity index (χ3v) is 6.18. The molecule has 0 aliphatic rings. The van der Waals surface area contributed by atoms with Crippen molar-refractivity contribution in [3.8, 4) is 11.5 Å². The lowest BCUT2D eigenvalue weighted by Crippen LogP contribution is -2.19. The first-order chi connectivity index (χ1) is 19.6. The van der Waals surface area contributed by atoms with Crippen molar-refractivity contribution < 1.29 is 32.7 Å². The van der Waals surface area contributed by atoms with Gasteiger partial charge in [0.15, 0.2) is 0 Å². The molecule has 3 amide bonds. The zero-order chi connectivity index (χ0) is 29.7. The predicted molar refractivity (Wildman–Crippen MR) is 149 cm³/mol. The van der Waals surface area contributed by atoms with Crippen LogP contribution in [-0.4, -0.2) is 28.7 Å². The number of carbonyl (C=O) groups excluding carboxylic acids is 2. The van der Waals surface area contributed by atoms with Gasteiger partial charge < -0.3 is 20.7 Å². The fourth-order valence-electron chi connectivity index (χ4n) is 3.81. The summed E-state index contributed by atoms with van der Waals surface area (Å²) in [5.74, 6) is 0.751. The number of amides is 3. The van der Waals surface area contributed by atoms with Crippen molar-refractivity contribution in [1.29, 1.82) is 0 Å². The van der Waals surface area contributed by atoms with Gasteiger partial charge in [0.25, 0.3) is 0 Å². The molecule has 13 heteroatoms. The zero-order valence-corrected chi connectivity index (χ0v) is 22.8. The molecular weight excluding hydrogens is 563 g/mol. The lowest BCUT2D eigenvalue weighted by atomic mass is 10.1. The molecule has 0 bridgehead atoms. The number of hydrogen-bond donors (Lipinski definition) is 5. The molecule has 41 heavy (non-hydrogen) atoms. The van der Waals surface area contributed by atoms with Crippen molar-refractivity contribution in [3.05, 3.63) is 77.1 Å². The fourth-order valence-corrected chi connectivity index (χ4v) is 4.04. The van der Waals surface area contributed by atoms with Gasteiger partial charge in [0, 0.05) is 36.6 Å². The number of halogens is 4. The van der Waals surface area contributed by atoms with Crippen LogP contribution in [0.5, 0.6) is 11.5 Å². The maximum Gasteiger partial charge on any atom is 0.417 e. The number of hydrogen-bond acceptors (Lipinski definition) is 6. The summed E-state index contributed by atoms with van der Waals surface area (Å²) in [5, 5.41) is 16.3. The van der Waals surface area contributed by atoms with Crippen LogP contribution in [0.1, 0.15) is 49.8 Å². The monoisotopic (exact) mass is 593 g/mol. The first kappa shape index (κ1) is 31.7. The van der Waals surface area contributed by atoms with Gasteiger partial charge in [-0.2, -0.15) is 13.2 Å². The third-order valence-electron chi connectivity index (χ3n) is 5.85. The van der Waals surface area contributed by atoms with E-state index in [2.05, 4.69) is 20.9 Å². The summed E-state index contributed by atoms with van der Waals surface area (Å²) in [5.41, 5.74) is 1.76. The number of pyridine rings is 1. The van der Waals surface area contributed by atoms with Crippen LogP contribution in [-0.2, 0) is 17.5 Å². The Labute approximate surface area is 240 Å². The second kappa shape index (κ2) is 15.8. The number of carbonyl (C=O) groups is 2. The Morgan fingerprint density at radius 3 is 2.29 bits per heavy atom. The minimum Gasteiger partial charge on any atom is -0.457 e. The number of ether oxygens (including phenoxy) is 1. The molecule has 0 atom stereocenters. The molecule has 0 aliphatic heterocycles. The van der Waals surface area contributed by atoms with Crippen molar-refractivity contribution in [1.82, 2.24) is 15.8 Å². The number of benzene rings is 2. The molecule has 0 radical (unpaired) electrons. The molecule has 220 valence electrons. The van der Waals surface area contributed by atoms with Crippen LogP contribution in [0, 0.1) is 0 Å². The van der Waals surface area contributed by atoms with Crippen LogP contribution in [0.2, 0.25) is 5.02 Å². The zero-order valence-electron chi connectivity index (χ0n) is 22.1. The summed E-state index contributed by atoms with van der Waals surface area (Å²) >= 11 is 5.61. The van der Waals surface area contributed by atoms with E-state index in [4.69, 9.17) is 21.5 Å². The summed E-state index contributed by atoms with van der Waals surface area (Å²) in [6.07, 6.45) is 2.09. The molecule has 0 saturated carbocycles. The highest BCUT2D eigenvalue weighted by Crippen LogP contribution is 2.36. The maximum absolute atomic E-state index is 13.0. The second-order valence-electron chi connectivity index (χ2n) is 9.11. The molecule has 1 aromatic heterocycles. The van der Waals surface area contributed by atoms with Gasteiger partial charge in [-0.25, -0.2) is 10.3 Å². The summed E-state index contributed by atoms with van der Waals surface area (Å²) < 4.78 is 45.0. The molecule has 3 aromatic rings. The van der Waals surface area contributed by atoms with Gasteiger partial charge in [-0.15, -0.1) is 0 Å². The van der Waals surface area contributed by atoms with Crippen LogP contribution in [0.25, 0.3) is 0 Å². The van der Waals surface area contributed by atoms with Crippen molar-refractivity contribution >= 4 is 34.9 Å². The van der Waals surface area contributed by atoms with E-state index in [9.17, 15) is 22.8 Å². The molecule has 5 N–H and O–H groups in total. The lowest BCUT2D eigenvalue weighted by Gasteiger charge is -2.13. The number of nitrogens with one attached hydrogen (secondary N) is 4. The van der Waals surface area contributed by atoms with Crippen LogP contribution in [0.15, 0.2) is 60.8 Å². The Kier molecular flexibility index (Phi) is 12.2. The second-order valence-corrected chi connectivity index (χ2v) is 9.52. The number of urea groups is 1. The normalized spacial score (nSPS) is 11.1. The number of hydroxylamine groups is 1. The van der Waals surface area contributed by atoms with E-state index in [1.807, 2.05) is 6.07 Å². The van der Waals surface area contributed by atoms with Crippen molar-refractivity contribution in [2.75, 3.05) is 17.2 Å². The summed E-state index contributed by atoms with van der Waals surface area (Å²) in [7, 11) is 0. The summed E-state index contributed by atoms with van der Waals surface area (Å²) in [4.78, 5) is 27.6. The highest BCUT2D eigenvalue weighted by molar-refractivity contribution is 6.31.